The van der Waals surface area contributed by atoms with Crippen LogP contribution in [0, 0.1) is 12.3 Å². The van der Waals surface area contributed by atoms with Gasteiger partial charge in [-0.1, -0.05) is 99.5 Å². The Kier molecular flexibility index (Phi) is 8.45. The second kappa shape index (κ2) is 11.9. The van der Waals surface area contributed by atoms with Crippen LogP contribution < -0.4 is 9.47 Å². The molecule has 0 saturated carbocycles. The molecule has 0 saturated heterocycles. The fraction of sp³-hybridized carbons (Fsp3) is 0.265. The minimum Gasteiger partial charge on any atom is -0.490 e. The van der Waals surface area contributed by atoms with Gasteiger partial charge in [-0.15, -0.1) is 0 Å². The van der Waals surface area contributed by atoms with Crippen LogP contribution >= 0.6 is 0 Å². The Labute approximate surface area is 221 Å². The van der Waals surface area contributed by atoms with Gasteiger partial charge in [-0.05, 0) is 71.0 Å². The summed E-state index contributed by atoms with van der Waals surface area (Å²) in [4.78, 5) is 0. The summed E-state index contributed by atoms with van der Waals surface area (Å²) >= 11 is 0. The quantitative estimate of drug-likeness (QED) is 0.169. The highest BCUT2D eigenvalue weighted by atomic mass is 16.5. The maximum Gasteiger partial charge on any atom is 0.122 e. The predicted octanol–water partition coefficient (Wildman–Crippen LogP) is 8.40. The van der Waals surface area contributed by atoms with Crippen LogP contribution in [0.2, 0.25) is 0 Å². The third-order valence-corrected chi connectivity index (χ3v) is 6.95. The number of benzene rings is 4. The van der Waals surface area contributed by atoms with Crippen molar-refractivity contribution in [2.75, 3.05) is 13.2 Å². The molecule has 190 valence electrons. The predicted molar refractivity (Wildman–Crippen MR) is 154 cm³/mol. The SMILES string of the molecule is CCCc1cc(-c2ccc(C=N)cc2)ccc1OCCOc1ccc(C(C)(C)c2ccc(C)cc2)cc1. The fourth-order valence-electron chi connectivity index (χ4n) is 4.55. The highest BCUT2D eigenvalue weighted by Gasteiger charge is 2.22. The van der Waals surface area contributed by atoms with Crippen molar-refractivity contribution in [3.05, 3.63) is 119 Å². The standard InChI is InChI=1S/C34H37NO2/c1-5-6-29-23-28(27-11-9-26(24-35)10-12-27)13-20-33(29)37-22-21-36-32-18-16-31(17-19-32)34(3,4)30-14-7-25(2)8-15-30/h7-20,23-24,35H,5-6,21-22H2,1-4H3. The van der Waals surface area contributed by atoms with Crippen molar-refractivity contribution in [2.24, 2.45) is 0 Å². The minimum atomic E-state index is -0.0701. The zero-order valence-corrected chi connectivity index (χ0v) is 22.4. The first kappa shape index (κ1) is 26.2. The van der Waals surface area contributed by atoms with E-state index in [4.69, 9.17) is 14.9 Å². The molecule has 4 aromatic rings. The van der Waals surface area contributed by atoms with E-state index in [1.54, 1.807) is 0 Å². The number of rotatable bonds is 11. The second-order valence-electron chi connectivity index (χ2n) is 10.1. The van der Waals surface area contributed by atoms with Gasteiger partial charge < -0.3 is 14.9 Å². The molecule has 3 heteroatoms. The van der Waals surface area contributed by atoms with E-state index in [-0.39, 0.29) is 5.41 Å². The summed E-state index contributed by atoms with van der Waals surface area (Å²) in [5.41, 5.74) is 8.19. The van der Waals surface area contributed by atoms with Crippen LogP contribution in [-0.2, 0) is 11.8 Å². The van der Waals surface area contributed by atoms with Crippen molar-refractivity contribution >= 4 is 6.21 Å². The Bertz CT molecular complexity index is 1300. The van der Waals surface area contributed by atoms with Gasteiger partial charge in [0.2, 0.25) is 0 Å². The van der Waals surface area contributed by atoms with Gasteiger partial charge in [0.15, 0.2) is 0 Å². The average Bonchev–Trinajstić information content (AvgIpc) is 2.92. The molecule has 0 bridgehead atoms. The molecule has 0 spiro atoms. The number of ether oxygens (including phenoxy) is 2. The molecular weight excluding hydrogens is 454 g/mol. The first-order valence-electron chi connectivity index (χ1n) is 13.1. The molecule has 0 aromatic heterocycles. The van der Waals surface area contributed by atoms with Crippen LogP contribution in [0.15, 0.2) is 91.0 Å². The van der Waals surface area contributed by atoms with Crippen LogP contribution in [0.25, 0.3) is 11.1 Å². The molecule has 4 aromatic carbocycles. The lowest BCUT2D eigenvalue weighted by Crippen LogP contribution is -2.18. The van der Waals surface area contributed by atoms with Crippen LogP contribution in [0.4, 0.5) is 0 Å². The number of aryl methyl sites for hydroxylation is 2. The summed E-state index contributed by atoms with van der Waals surface area (Å²) in [6.45, 7) is 9.78. The molecule has 0 heterocycles. The first-order valence-corrected chi connectivity index (χ1v) is 13.1. The Balaban J connectivity index is 1.35. The summed E-state index contributed by atoms with van der Waals surface area (Å²) in [7, 11) is 0. The summed E-state index contributed by atoms with van der Waals surface area (Å²) in [6.07, 6.45) is 3.38. The van der Waals surface area contributed by atoms with Crippen molar-refractivity contribution in [1.82, 2.24) is 0 Å². The number of nitrogens with one attached hydrogen (secondary N) is 1. The zero-order valence-electron chi connectivity index (χ0n) is 22.4. The van der Waals surface area contributed by atoms with E-state index in [9.17, 15) is 0 Å². The molecule has 0 radical (unpaired) electrons. The maximum absolute atomic E-state index is 7.39. The number of hydrogen-bond acceptors (Lipinski definition) is 3. The van der Waals surface area contributed by atoms with Gasteiger partial charge in [-0.2, -0.15) is 0 Å². The Morgan fingerprint density at radius 1 is 0.730 bits per heavy atom. The van der Waals surface area contributed by atoms with E-state index in [1.165, 1.54) is 28.5 Å². The second-order valence-corrected chi connectivity index (χ2v) is 10.1. The summed E-state index contributed by atoms with van der Waals surface area (Å²) in [5.74, 6) is 1.77. The Morgan fingerprint density at radius 2 is 1.32 bits per heavy atom. The highest BCUT2D eigenvalue weighted by Crippen LogP contribution is 2.33. The van der Waals surface area contributed by atoms with E-state index in [0.29, 0.717) is 13.2 Å². The van der Waals surface area contributed by atoms with Crippen LogP contribution in [0.5, 0.6) is 11.5 Å². The lowest BCUT2D eigenvalue weighted by molar-refractivity contribution is 0.216. The van der Waals surface area contributed by atoms with Gasteiger partial charge in [-0.25, -0.2) is 0 Å². The molecular formula is C34H37NO2. The van der Waals surface area contributed by atoms with Crippen LogP contribution in [0.3, 0.4) is 0 Å². The average molecular weight is 492 g/mol. The minimum absolute atomic E-state index is 0.0701. The van der Waals surface area contributed by atoms with Gasteiger partial charge in [0.1, 0.15) is 24.7 Å². The van der Waals surface area contributed by atoms with Crippen LogP contribution in [0.1, 0.15) is 55.0 Å². The van der Waals surface area contributed by atoms with E-state index >= 15 is 0 Å². The highest BCUT2D eigenvalue weighted by molar-refractivity contribution is 5.78. The molecule has 0 aliphatic carbocycles. The smallest absolute Gasteiger partial charge is 0.122 e. The largest absolute Gasteiger partial charge is 0.490 e. The number of hydrogen-bond donors (Lipinski definition) is 1. The van der Waals surface area contributed by atoms with Gasteiger partial charge in [0.25, 0.3) is 0 Å². The van der Waals surface area contributed by atoms with E-state index in [2.05, 4.69) is 94.4 Å². The molecule has 37 heavy (non-hydrogen) atoms. The van der Waals surface area contributed by atoms with Crippen molar-refractivity contribution in [3.63, 3.8) is 0 Å². The van der Waals surface area contributed by atoms with Crippen molar-refractivity contribution in [2.45, 2.75) is 46.0 Å². The van der Waals surface area contributed by atoms with Crippen molar-refractivity contribution < 1.29 is 9.47 Å². The maximum atomic E-state index is 7.39. The lowest BCUT2D eigenvalue weighted by Gasteiger charge is -2.26. The molecule has 0 aliphatic rings. The zero-order chi connectivity index (χ0) is 26.3. The molecule has 1 N–H and O–H groups in total. The third-order valence-electron chi connectivity index (χ3n) is 6.95. The lowest BCUT2D eigenvalue weighted by atomic mass is 9.78. The Morgan fingerprint density at radius 3 is 1.95 bits per heavy atom. The van der Waals surface area contributed by atoms with Crippen molar-refractivity contribution in [3.8, 4) is 22.6 Å². The molecule has 0 aliphatic heterocycles. The van der Waals surface area contributed by atoms with Crippen molar-refractivity contribution in [1.29, 1.82) is 5.41 Å². The van der Waals surface area contributed by atoms with Gasteiger partial charge in [0, 0.05) is 11.6 Å². The van der Waals surface area contributed by atoms with E-state index in [0.717, 1.165) is 41.0 Å². The van der Waals surface area contributed by atoms with E-state index in [1.807, 2.05) is 24.3 Å². The normalized spacial score (nSPS) is 11.2. The third kappa shape index (κ3) is 6.48. The summed E-state index contributed by atoms with van der Waals surface area (Å²) in [5, 5.41) is 7.39. The summed E-state index contributed by atoms with van der Waals surface area (Å²) in [6, 6.07) is 31.6. The van der Waals surface area contributed by atoms with Crippen LogP contribution in [-0.4, -0.2) is 19.4 Å². The molecule has 0 amide bonds. The Hall–Kier alpha value is -3.85. The molecule has 4 rings (SSSR count). The summed E-state index contributed by atoms with van der Waals surface area (Å²) < 4.78 is 12.1. The molecule has 0 atom stereocenters. The molecule has 3 nitrogen and oxygen atoms in total. The molecule has 0 fully saturated rings. The topological polar surface area (TPSA) is 42.3 Å². The fourth-order valence-corrected chi connectivity index (χ4v) is 4.55. The monoisotopic (exact) mass is 491 g/mol. The van der Waals surface area contributed by atoms with E-state index < -0.39 is 0 Å². The first-order chi connectivity index (χ1) is 17.9. The van der Waals surface area contributed by atoms with Gasteiger partial charge in [-0.3, -0.25) is 0 Å². The van der Waals surface area contributed by atoms with Gasteiger partial charge >= 0.3 is 0 Å². The van der Waals surface area contributed by atoms with Gasteiger partial charge in [0.05, 0.1) is 0 Å². The molecule has 0 unspecified atom stereocenters.